The first kappa shape index (κ1) is 16.8. The summed E-state index contributed by atoms with van der Waals surface area (Å²) in [6.45, 7) is 3.52. The Hall–Kier alpha value is -2.60. The number of amides is 1. The van der Waals surface area contributed by atoms with E-state index in [4.69, 9.17) is 16.3 Å². The van der Waals surface area contributed by atoms with E-state index in [9.17, 15) is 14.9 Å². The molecule has 2 aromatic carbocycles. The third-order valence-corrected chi connectivity index (χ3v) is 3.40. The predicted molar refractivity (Wildman–Crippen MR) is 88.0 cm³/mol. The lowest BCUT2D eigenvalue weighted by Gasteiger charge is -2.15. The van der Waals surface area contributed by atoms with Gasteiger partial charge in [-0.05, 0) is 43.7 Å². The van der Waals surface area contributed by atoms with Crippen molar-refractivity contribution in [1.82, 2.24) is 0 Å². The van der Waals surface area contributed by atoms with Crippen molar-refractivity contribution in [3.63, 3.8) is 0 Å². The smallest absolute Gasteiger partial charge is 0.289 e. The molecule has 0 aromatic heterocycles. The number of ether oxygens (including phenoxy) is 1. The number of anilines is 1. The minimum absolute atomic E-state index is 0.0112. The molecule has 0 radical (unpaired) electrons. The van der Waals surface area contributed by atoms with Gasteiger partial charge in [-0.2, -0.15) is 0 Å². The van der Waals surface area contributed by atoms with E-state index in [1.807, 2.05) is 25.1 Å². The van der Waals surface area contributed by atoms with E-state index in [-0.39, 0.29) is 16.4 Å². The largest absolute Gasteiger partial charge is 0.481 e. The van der Waals surface area contributed by atoms with Crippen LogP contribution in [0.5, 0.6) is 5.75 Å². The number of aryl methyl sites for hydroxylation is 1. The van der Waals surface area contributed by atoms with Crippen LogP contribution < -0.4 is 10.1 Å². The molecule has 1 unspecified atom stereocenters. The van der Waals surface area contributed by atoms with Crippen LogP contribution in [0.4, 0.5) is 11.4 Å². The summed E-state index contributed by atoms with van der Waals surface area (Å²) in [6.07, 6.45) is -0.758. The summed E-state index contributed by atoms with van der Waals surface area (Å²) in [6, 6.07) is 11.4. The molecule has 2 rings (SSSR count). The van der Waals surface area contributed by atoms with Crippen LogP contribution in [0.15, 0.2) is 42.5 Å². The van der Waals surface area contributed by atoms with E-state index in [2.05, 4.69) is 5.32 Å². The normalized spacial score (nSPS) is 11.6. The summed E-state index contributed by atoms with van der Waals surface area (Å²) in [7, 11) is 0. The zero-order valence-corrected chi connectivity index (χ0v) is 13.3. The van der Waals surface area contributed by atoms with Crippen LogP contribution in [0.3, 0.4) is 0 Å². The number of benzene rings is 2. The molecule has 2 aromatic rings. The summed E-state index contributed by atoms with van der Waals surface area (Å²) in [4.78, 5) is 22.4. The molecule has 0 aliphatic heterocycles. The molecule has 7 heteroatoms. The highest BCUT2D eigenvalue weighted by Gasteiger charge is 2.18. The van der Waals surface area contributed by atoms with Crippen LogP contribution >= 0.6 is 11.6 Å². The second kappa shape index (κ2) is 7.11. The van der Waals surface area contributed by atoms with Crippen molar-refractivity contribution in [3.8, 4) is 5.75 Å². The lowest BCUT2D eigenvalue weighted by atomic mass is 10.2. The van der Waals surface area contributed by atoms with Crippen molar-refractivity contribution in [2.45, 2.75) is 20.0 Å². The average molecular weight is 335 g/mol. The summed E-state index contributed by atoms with van der Waals surface area (Å²) in [5.41, 5.74) is 1.03. The van der Waals surface area contributed by atoms with E-state index in [0.717, 1.165) is 5.56 Å². The molecule has 120 valence electrons. The maximum atomic E-state index is 12.1. The fourth-order valence-corrected chi connectivity index (χ4v) is 2.11. The highest BCUT2D eigenvalue weighted by molar-refractivity contribution is 6.32. The fraction of sp³-hybridized carbons (Fsp3) is 0.188. The van der Waals surface area contributed by atoms with Gasteiger partial charge in [-0.3, -0.25) is 14.9 Å². The Morgan fingerprint density at radius 2 is 2.04 bits per heavy atom. The van der Waals surface area contributed by atoms with Crippen LogP contribution in [-0.4, -0.2) is 16.9 Å². The molecule has 0 spiro atoms. The number of halogens is 1. The lowest BCUT2D eigenvalue weighted by Crippen LogP contribution is -2.30. The van der Waals surface area contributed by atoms with Gasteiger partial charge < -0.3 is 10.1 Å². The fourth-order valence-electron chi connectivity index (χ4n) is 1.92. The van der Waals surface area contributed by atoms with Gasteiger partial charge in [0.2, 0.25) is 0 Å². The number of rotatable bonds is 5. The maximum Gasteiger partial charge on any atom is 0.289 e. The summed E-state index contributed by atoms with van der Waals surface area (Å²) >= 11 is 5.73. The molecule has 1 amide bonds. The Bertz CT molecular complexity index is 749. The third-order valence-electron chi connectivity index (χ3n) is 3.08. The van der Waals surface area contributed by atoms with Crippen molar-refractivity contribution in [1.29, 1.82) is 0 Å². The summed E-state index contributed by atoms with van der Waals surface area (Å²) in [5.74, 6) is 0.165. The molecule has 0 saturated heterocycles. The Balaban J connectivity index is 2.06. The van der Waals surface area contributed by atoms with E-state index < -0.39 is 16.9 Å². The van der Waals surface area contributed by atoms with Gasteiger partial charge in [-0.25, -0.2) is 0 Å². The second-order valence-electron chi connectivity index (χ2n) is 4.99. The number of hydrogen-bond acceptors (Lipinski definition) is 4. The zero-order chi connectivity index (χ0) is 17.0. The number of carbonyl (C=O) groups is 1. The first-order valence-corrected chi connectivity index (χ1v) is 7.23. The molecule has 0 aliphatic rings. The molecular weight excluding hydrogens is 320 g/mol. The zero-order valence-electron chi connectivity index (χ0n) is 12.6. The van der Waals surface area contributed by atoms with E-state index in [1.165, 1.54) is 18.2 Å². The maximum absolute atomic E-state index is 12.1. The van der Waals surface area contributed by atoms with Crippen molar-refractivity contribution < 1.29 is 14.5 Å². The highest BCUT2D eigenvalue weighted by atomic mass is 35.5. The van der Waals surface area contributed by atoms with Gasteiger partial charge in [0.1, 0.15) is 10.8 Å². The monoisotopic (exact) mass is 334 g/mol. The van der Waals surface area contributed by atoms with E-state index in [1.54, 1.807) is 13.0 Å². The molecule has 6 nitrogen and oxygen atoms in total. The number of nitrogens with zero attached hydrogens (tertiary/aromatic N) is 1. The number of hydrogen-bond donors (Lipinski definition) is 1. The summed E-state index contributed by atoms with van der Waals surface area (Å²) in [5, 5.41) is 13.4. The van der Waals surface area contributed by atoms with Gasteiger partial charge >= 0.3 is 0 Å². The van der Waals surface area contributed by atoms with Gasteiger partial charge in [-0.1, -0.05) is 23.7 Å². The SMILES string of the molecule is Cc1cccc(OC(C)C(=O)Nc2ccc(Cl)c([N+](=O)[O-])c2)c1. The van der Waals surface area contributed by atoms with Gasteiger partial charge in [0, 0.05) is 11.8 Å². The molecular formula is C16H15ClN2O4. The van der Waals surface area contributed by atoms with Crippen molar-refractivity contribution in [2.24, 2.45) is 0 Å². The summed E-state index contributed by atoms with van der Waals surface area (Å²) < 4.78 is 5.56. The molecule has 0 saturated carbocycles. The second-order valence-corrected chi connectivity index (χ2v) is 5.40. The molecule has 0 heterocycles. The Labute approximate surface area is 138 Å². The molecule has 0 fully saturated rings. The molecule has 0 aliphatic carbocycles. The average Bonchev–Trinajstić information content (AvgIpc) is 2.48. The highest BCUT2D eigenvalue weighted by Crippen LogP contribution is 2.27. The Kier molecular flexibility index (Phi) is 5.18. The standard InChI is InChI=1S/C16H15ClN2O4/c1-10-4-3-5-13(8-10)23-11(2)16(20)18-12-6-7-14(17)15(9-12)19(21)22/h3-9,11H,1-2H3,(H,18,20). The van der Waals surface area contributed by atoms with Crippen LogP contribution in [0.25, 0.3) is 0 Å². The number of nitro groups is 1. The number of nitrogens with one attached hydrogen (secondary N) is 1. The van der Waals surface area contributed by atoms with Crippen molar-refractivity contribution in [2.75, 3.05) is 5.32 Å². The lowest BCUT2D eigenvalue weighted by molar-refractivity contribution is -0.384. The molecule has 23 heavy (non-hydrogen) atoms. The van der Waals surface area contributed by atoms with Gasteiger partial charge in [0.15, 0.2) is 6.10 Å². The van der Waals surface area contributed by atoms with Crippen LogP contribution in [0.2, 0.25) is 5.02 Å². The molecule has 1 N–H and O–H groups in total. The third kappa shape index (κ3) is 4.43. The van der Waals surface area contributed by atoms with Crippen molar-refractivity contribution >= 4 is 28.9 Å². The first-order chi connectivity index (χ1) is 10.9. The predicted octanol–water partition coefficient (Wildman–Crippen LogP) is 3.96. The Morgan fingerprint density at radius 3 is 2.70 bits per heavy atom. The minimum Gasteiger partial charge on any atom is -0.481 e. The van der Waals surface area contributed by atoms with Gasteiger partial charge in [0.05, 0.1) is 4.92 Å². The first-order valence-electron chi connectivity index (χ1n) is 6.85. The number of nitro benzene ring substituents is 1. The quantitative estimate of drug-likeness (QED) is 0.662. The van der Waals surface area contributed by atoms with Crippen molar-refractivity contribution in [3.05, 3.63) is 63.2 Å². The number of carbonyl (C=O) groups excluding carboxylic acids is 1. The topological polar surface area (TPSA) is 81.5 Å². The van der Waals surface area contributed by atoms with Crippen LogP contribution in [0.1, 0.15) is 12.5 Å². The minimum atomic E-state index is -0.758. The van der Waals surface area contributed by atoms with E-state index in [0.29, 0.717) is 5.75 Å². The Morgan fingerprint density at radius 1 is 1.30 bits per heavy atom. The molecule has 1 atom stereocenters. The van der Waals surface area contributed by atoms with Crippen LogP contribution in [0, 0.1) is 17.0 Å². The van der Waals surface area contributed by atoms with Gasteiger partial charge in [0.25, 0.3) is 11.6 Å². The van der Waals surface area contributed by atoms with E-state index >= 15 is 0 Å². The molecule has 0 bridgehead atoms. The van der Waals surface area contributed by atoms with Gasteiger partial charge in [-0.15, -0.1) is 0 Å². The van der Waals surface area contributed by atoms with Crippen LogP contribution in [-0.2, 0) is 4.79 Å².